The second-order valence-corrected chi connectivity index (χ2v) is 4.00. The van der Waals surface area contributed by atoms with Crippen LogP contribution in [0.25, 0.3) is 0 Å². The molecule has 0 radical (unpaired) electrons. The van der Waals surface area contributed by atoms with Gasteiger partial charge in [-0.1, -0.05) is 37.8 Å². The molecule has 0 spiro atoms. The van der Waals surface area contributed by atoms with Crippen LogP contribution in [0.3, 0.4) is 0 Å². The van der Waals surface area contributed by atoms with Crippen LogP contribution >= 0.6 is 11.6 Å². The molecule has 0 heterocycles. The van der Waals surface area contributed by atoms with Crippen molar-refractivity contribution in [2.75, 3.05) is 12.3 Å². The van der Waals surface area contributed by atoms with Crippen LogP contribution < -0.4 is 10.5 Å². The molecule has 3 heteroatoms. The van der Waals surface area contributed by atoms with Crippen molar-refractivity contribution in [1.82, 2.24) is 0 Å². The third-order valence-electron chi connectivity index (χ3n) is 2.24. The molecule has 0 saturated heterocycles. The average Bonchev–Trinajstić information content (AvgIpc) is 2.23. The molecular weight excluding hydrogens is 210 g/mol. The number of rotatable bonds is 6. The van der Waals surface area contributed by atoms with E-state index in [9.17, 15) is 0 Å². The molecular formula is C12H18ClNO. The Kier molecular flexibility index (Phi) is 5.33. The van der Waals surface area contributed by atoms with Crippen molar-refractivity contribution in [1.29, 1.82) is 0 Å². The van der Waals surface area contributed by atoms with E-state index >= 15 is 0 Å². The lowest BCUT2D eigenvalue weighted by Gasteiger charge is -2.07. The van der Waals surface area contributed by atoms with E-state index in [1.54, 1.807) is 12.1 Å². The SMILES string of the molecule is CCCCCCOc1ccc(N)c(Cl)c1. The second-order valence-electron chi connectivity index (χ2n) is 3.59. The predicted molar refractivity (Wildman–Crippen MR) is 65.5 cm³/mol. The summed E-state index contributed by atoms with van der Waals surface area (Å²) in [6, 6.07) is 5.38. The van der Waals surface area contributed by atoms with Gasteiger partial charge in [0.05, 0.1) is 17.3 Å². The minimum atomic E-state index is 0.557. The molecule has 0 bridgehead atoms. The van der Waals surface area contributed by atoms with Gasteiger partial charge in [-0.05, 0) is 18.6 Å². The fourth-order valence-electron chi connectivity index (χ4n) is 1.32. The molecule has 15 heavy (non-hydrogen) atoms. The number of ether oxygens (including phenoxy) is 1. The van der Waals surface area contributed by atoms with E-state index in [2.05, 4.69) is 6.92 Å². The van der Waals surface area contributed by atoms with Crippen molar-refractivity contribution in [2.45, 2.75) is 32.6 Å². The van der Waals surface area contributed by atoms with Gasteiger partial charge in [0.15, 0.2) is 0 Å². The summed E-state index contributed by atoms with van der Waals surface area (Å²) in [5, 5.41) is 0.557. The van der Waals surface area contributed by atoms with Crippen molar-refractivity contribution in [2.24, 2.45) is 0 Å². The third kappa shape index (κ3) is 4.43. The molecule has 0 fully saturated rings. The van der Waals surface area contributed by atoms with Gasteiger partial charge in [0.1, 0.15) is 5.75 Å². The number of hydrogen-bond donors (Lipinski definition) is 1. The van der Waals surface area contributed by atoms with Gasteiger partial charge in [-0.25, -0.2) is 0 Å². The van der Waals surface area contributed by atoms with Crippen molar-refractivity contribution < 1.29 is 4.74 Å². The molecule has 1 rings (SSSR count). The first-order chi connectivity index (χ1) is 7.24. The molecule has 0 atom stereocenters. The molecule has 0 aromatic heterocycles. The average molecular weight is 228 g/mol. The van der Waals surface area contributed by atoms with Crippen LogP contribution in [0.15, 0.2) is 18.2 Å². The minimum Gasteiger partial charge on any atom is -0.494 e. The second kappa shape index (κ2) is 6.57. The summed E-state index contributed by atoms with van der Waals surface area (Å²) < 4.78 is 5.55. The van der Waals surface area contributed by atoms with Gasteiger partial charge in [0.2, 0.25) is 0 Å². The highest BCUT2D eigenvalue weighted by atomic mass is 35.5. The summed E-state index contributed by atoms with van der Waals surface area (Å²) in [7, 11) is 0. The van der Waals surface area contributed by atoms with Crippen molar-refractivity contribution in [3.05, 3.63) is 23.2 Å². The van der Waals surface area contributed by atoms with Gasteiger partial charge in [-0.15, -0.1) is 0 Å². The topological polar surface area (TPSA) is 35.2 Å². The maximum atomic E-state index is 5.87. The van der Waals surface area contributed by atoms with Crippen LogP contribution in [-0.2, 0) is 0 Å². The highest BCUT2D eigenvalue weighted by Gasteiger charge is 1.98. The Morgan fingerprint density at radius 1 is 1.27 bits per heavy atom. The van der Waals surface area contributed by atoms with Crippen molar-refractivity contribution in [3.63, 3.8) is 0 Å². The van der Waals surface area contributed by atoms with Crippen molar-refractivity contribution >= 4 is 17.3 Å². The zero-order chi connectivity index (χ0) is 11.1. The van der Waals surface area contributed by atoms with Gasteiger partial charge in [0.25, 0.3) is 0 Å². The monoisotopic (exact) mass is 227 g/mol. The van der Waals surface area contributed by atoms with Crippen molar-refractivity contribution in [3.8, 4) is 5.75 Å². The van der Waals surface area contributed by atoms with E-state index < -0.39 is 0 Å². The Morgan fingerprint density at radius 2 is 2.07 bits per heavy atom. The molecule has 2 nitrogen and oxygen atoms in total. The normalized spacial score (nSPS) is 10.3. The number of hydrogen-bond acceptors (Lipinski definition) is 2. The lowest BCUT2D eigenvalue weighted by Crippen LogP contribution is -1.97. The lowest BCUT2D eigenvalue weighted by molar-refractivity contribution is 0.305. The maximum absolute atomic E-state index is 5.87. The predicted octanol–water partition coefficient (Wildman–Crippen LogP) is 3.88. The van der Waals surface area contributed by atoms with E-state index in [0.29, 0.717) is 10.7 Å². The minimum absolute atomic E-state index is 0.557. The number of unbranched alkanes of at least 4 members (excludes halogenated alkanes) is 3. The fourth-order valence-corrected chi connectivity index (χ4v) is 1.49. The Hall–Kier alpha value is -0.890. The molecule has 0 aliphatic heterocycles. The van der Waals surface area contributed by atoms with Crippen LogP contribution in [-0.4, -0.2) is 6.61 Å². The van der Waals surface area contributed by atoms with Gasteiger partial charge in [-0.3, -0.25) is 0 Å². The quantitative estimate of drug-likeness (QED) is 0.591. The Bertz CT molecular complexity index is 302. The summed E-state index contributed by atoms with van der Waals surface area (Å²) in [5.41, 5.74) is 6.19. The summed E-state index contributed by atoms with van der Waals surface area (Å²) >= 11 is 5.87. The first kappa shape index (κ1) is 12.2. The smallest absolute Gasteiger partial charge is 0.120 e. The zero-order valence-electron chi connectivity index (χ0n) is 9.13. The van der Waals surface area contributed by atoms with Crippen LogP contribution in [0, 0.1) is 0 Å². The van der Waals surface area contributed by atoms with Crippen LogP contribution in [0.1, 0.15) is 32.6 Å². The number of halogens is 1. The molecule has 0 saturated carbocycles. The number of anilines is 1. The van der Waals surface area contributed by atoms with Gasteiger partial charge >= 0.3 is 0 Å². The molecule has 2 N–H and O–H groups in total. The molecule has 0 aliphatic rings. The van der Waals surface area contributed by atoms with E-state index in [-0.39, 0.29) is 0 Å². The first-order valence-electron chi connectivity index (χ1n) is 5.42. The zero-order valence-corrected chi connectivity index (χ0v) is 9.89. The van der Waals surface area contributed by atoms with E-state index in [1.165, 1.54) is 19.3 Å². The number of nitrogen functional groups attached to an aromatic ring is 1. The summed E-state index contributed by atoms with van der Waals surface area (Å²) in [6.45, 7) is 2.95. The molecule has 1 aromatic carbocycles. The highest BCUT2D eigenvalue weighted by molar-refractivity contribution is 6.33. The molecule has 0 aliphatic carbocycles. The summed E-state index contributed by atoms with van der Waals surface area (Å²) in [5.74, 6) is 0.797. The number of benzene rings is 1. The lowest BCUT2D eigenvalue weighted by atomic mass is 10.2. The summed E-state index contributed by atoms with van der Waals surface area (Å²) in [4.78, 5) is 0. The van der Waals surface area contributed by atoms with Gasteiger partial charge < -0.3 is 10.5 Å². The van der Waals surface area contributed by atoms with Gasteiger partial charge in [0, 0.05) is 6.07 Å². The highest BCUT2D eigenvalue weighted by Crippen LogP contribution is 2.24. The Balaban J connectivity index is 2.28. The standard InChI is InChI=1S/C12H18ClNO/c1-2-3-4-5-8-15-10-6-7-12(14)11(13)9-10/h6-7,9H,2-5,8,14H2,1H3. The largest absolute Gasteiger partial charge is 0.494 e. The van der Waals surface area contributed by atoms with E-state index in [0.717, 1.165) is 18.8 Å². The third-order valence-corrected chi connectivity index (χ3v) is 2.57. The van der Waals surface area contributed by atoms with Crippen LogP contribution in [0.5, 0.6) is 5.75 Å². The van der Waals surface area contributed by atoms with Crippen LogP contribution in [0.2, 0.25) is 5.02 Å². The van der Waals surface area contributed by atoms with E-state index in [1.807, 2.05) is 6.07 Å². The number of nitrogens with two attached hydrogens (primary N) is 1. The molecule has 0 unspecified atom stereocenters. The molecule has 0 amide bonds. The first-order valence-corrected chi connectivity index (χ1v) is 5.79. The summed E-state index contributed by atoms with van der Waals surface area (Å²) in [6.07, 6.45) is 4.83. The Labute approximate surface area is 96.4 Å². The molecule has 1 aromatic rings. The maximum Gasteiger partial charge on any atom is 0.120 e. The Morgan fingerprint density at radius 3 is 2.73 bits per heavy atom. The van der Waals surface area contributed by atoms with Gasteiger partial charge in [-0.2, -0.15) is 0 Å². The molecule has 84 valence electrons. The van der Waals surface area contributed by atoms with E-state index in [4.69, 9.17) is 22.1 Å². The van der Waals surface area contributed by atoms with Crippen LogP contribution in [0.4, 0.5) is 5.69 Å². The fraction of sp³-hybridized carbons (Fsp3) is 0.500.